The fourth-order valence-electron chi connectivity index (χ4n) is 2.46. The minimum Gasteiger partial charge on any atom is -0.336 e. The molecule has 1 aliphatic rings. The Morgan fingerprint density at radius 1 is 1.53 bits per heavy atom. The van der Waals surface area contributed by atoms with Crippen molar-refractivity contribution >= 4 is 29.3 Å². The molecule has 0 aliphatic carbocycles. The van der Waals surface area contributed by atoms with Crippen molar-refractivity contribution in [2.45, 2.75) is 36.7 Å². The average molecular weight is 299 g/mol. The molecule has 1 aromatic rings. The van der Waals surface area contributed by atoms with Gasteiger partial charge in [-0.3, -0.25) is 4.79 Å². The van der Waals surface area contributed by atoms with Gasteiger partial charge in [0.15, 0.2) is 0 Å². The maximum atomic E-state index is 12.6. The number of carbonyl (C=O) groups is 1. The highest BCUT2D eigenvalue weighted by Gasteiger charge is 2.28. The summed E-state index contributed by atoms with van der Waals surface area (Å²) in [5.74, 6) is 0.0142. The van der Waals surface area contributed by atoms with Gasteiger partial charge in [0, 0.05) is 23.5 Å². The minimum absolute atomic E-state index is 0.0142. The van der Waals surface area contributed by atoms with Gasteiger partial charge in [-0.2, -0.15) is 0 Å². The van der Waals surface area contributed by atoms with Crippen molar-refractivity contribution in [3.05, 3.63) is 28.8 Å². The summed E-state index contributed by atoms with van der Waals surface area (Å²) in [5.41, 5.74) is 6.53. The van der Waals surface area contributed by atoms with E-state index in [0.29, 0.717) is 17.1 Å². The number of benzene rings is 1. The molecule has 104 valence electrons. The number of halogens is 1. The Labute approximate surface area is 123 Å². The van der Waals surface area contributed by atoms with Crippen LogP contribution < -0.4 is 5.73 Å². The molecule has 1 amide bonds. The van der Waals surface area contributed by atoms with E-state index in [2.05, 4.69) is 0 Å². The number of nitrogens with two attached hydrogens (primary N) is 1. The maximum Gasteiger partial charge on any atom is 0.255 e. The van der Waals surface area contributed by atoms with E-state index in [1.54, 1.807) is 17.8 Å². The van der Waals surface area contributed by atoms with E-state index >= 15 is 0 Å². The van der Waals surface area contributed by atoms with Gasteiger partial charge in [-0.25, -0.2) is 0 Å². The fraction of sp³-hybridized carbons (Fsp3) is 0.500. The van der Waals surface area contributed by atoms with Crippen LogP contribution in [0, 0.1) is 0 Å². The van der Waals surface area contributed by atoms with Gasteiger partial charge < -0.3 is 10.6 Å². The van der Waals surface area contributed by atoms with Crippen molar-refractivity contribution in [1.82, 2.24) is 4.90 Å². The van der Waals surface area contributed by atoms with Gasteiger partial charge in [0.2, 0.25) is 0 Å². The first-order valence-corrected chi connectivity index (χ1v) is 8.03. The Morgan fingerprint density at radius 2 is 2.26 bits per heavy atom. The zero-order valence-electron chi connectivity index (χ0n) is 11.2. The molecule has 1 heterocycles. The second-order valence-electron chi connectivity index (χ2n) is 4.98. The standard InChI is InChI=1S/C14H19ClN2OS/c1-9-7-10(16)5-6-17(9)14(18)12-8-11(19-2)3-4-13(12)15/h3-4,8-10H,5-7,16H2,1-2H3. The number of carbonyl (C=O) groups excluding carboxylic acids is 1. The lowest BCUT2D eigenvalue weighted by molar-refractivity contribution is 0.0619. The van der Waals surface area contributed by atoms with E-state index < -0.39 is 0 Å². The highest BCUT2D eigenvalue weighted by atomic mass is 35.5. The first-order chi connectivity index (χ1) is 9.02. The summed E-state index contributed by atoms with van der Waals surface area (Å²) in [6.45, 7) is 2.75. The van der Waals surface area contributed by atoms with Gasteiger partial charge >= 0.3 is 0 Å². The average Bonchev–Trinajstić information content (AvgIpc) is 2.38. The van der Waals surface area contributed by atoms with Crippen LogP contribution in [-0.4, -0.2) is 35.7 Å². The van der Waals surface area contributed by atoms with Crippen LogP contribution in [0.1, 0.15) is 30.1 Å². The summed E-state index contributed by atoms with van der Waals surface area (Å²) in [4.78, 5) is 15.5. The van der Waals surface area contributed by atoms with E-state index in [1.807, 2.05) is 30.2 Å². The molecule has 0 radical (unpaired) electrons. The van der Waals surface area contributed by atoms with Gasteiger partial charge in [0.05, 0.1) is 10.6 Å². The lowest BCUT2D eigenvalue weighted by Crippen LogP contribution is -2.48. The largest absolute Gasteiger partial charge is 0.336 e. The SMILES string of the molecule is CSc1ccc(Cl)c(C(=O)N2CCC(N)CC2C)c1. The number of piperidine rings is 1. The molecule has 3 nitrogen and oxygen atoms in total. The summed E-state index contributed by atoms with van der Waals surface area (Å²) >= 11 is 7.77. The van der Waals surface area contributed by atoms with Crippen molar-refractivity contribution in [1.29, 1.82) is 0 Å². The zero-order valence-corrected chi connectivity index (χ0v) is 12.8. The zero-order chi connectivity index (χ0) is 14.0. The molecule has 0 spiro atoms. The van der Waals surface area contributed by atoms with Crippen LogP contribution in [0.25, 0.3) is 0 Å². The third-order valence-corrected chi connectivity index (χ3v) is 4.64. The van der Waals surface area contributed by atoms with Crippen LogP contribution in [0.4, 0.5) is 0 Å². The summed E-state index contributed by atoms with van der Waals surface area (Å²) in [5, 5.41) is 0.518. The summed E-state index contributed by atoms with van der Waals surface area (Å²) < 4.78 is 0. The number of hydrogen-bond donors (Lipinski definition) is 1. The van der Waals surface area contributed by atoms with Crippen LogP contribution in [0.3, 0.4) is 0 Å². The lowest BCUT2D eigenvalue weighted by atomic mass is 9.98. The molecule has 2 atom stereocenters. The van der Waals surface area contributed by atoms with Crippen LogP contribution >= 0.6 is 23.4 Å². The topological polar surface area (TPSA) is 46.3 Å². The van der Waals surface area contributed by atoms with Gasteiger partial charge in [0.25, 0.3) is 5.91 Å². The van der Waals surface area contributed by atoms with Gasteiger partial charge in [-0.1, -0.05) is 11.6 Å². The second-order valence-corrected chi connectivity index (χ2v) is 6.26. The van der Waals surface area contributed by atoms with Gasteiger partial charge in [-0.15, -0.1) is 11.8 Å². The molecular weight excluding hydrogens is 280 g/mol. The van der Waals surface area contributed by atoms with Crippen LogP contribution in [-0.2, 0) is 0 Å². The first-order valence-electron chi connectivity index (χ1n) is 6.43. The molecule has 1 aliphatic heterocycles. The molecule has 2 N–H and O–H groups in total. The van der Waals surface area contributed by atoms with E-state index in [9.17, 15) is 4.79 Å². The van der Waals surface area contributed by atoms with Crippen molar-refractivity contribution in [2.24, 2.45) is 5.73 Å². The van der Waals surface area contributed by atoms with Crippen molar-refractivity contribution < 1.29 is 4.79 Å². The maximum absolute atomic E-state index is 12.6. The van der Waals surface area contributed by atoms with Crippen LogP contribution in [0.15, 0.2) is 23.1 Å². The van der Waals surface area contributed by atoms with E-state index in [-0.39, 0.29) is 18.0 Å². The number of likely N-dealkylation sites (tertiary alicyclic amines) is 1. The number of nitrogens with zero attached hydrogens (tertiary/aromatic N) is 1. The second kappa shape index (κ2) is 6.16. The predicted octanol–water partition coefficient (Wildman–Crippen LogP) is 3.01. The number of rotatable bonds is 2. The fourth-order valence-corrected chi connectivity index (χ4v) is 3.10. The Hall–Kier alpha value is -0.710. The van der Waals surface area contributed by atoms with E-state index in [1.165, 1.54) is 0 Å². The molecule has 2 unspecified atom stereocenters. The molecule has 1 fully saturated rings. The molecule has 0 aromatic heterocycles. The van der Waals surface area contributed by atoms with Gasteiger partial charge in [0.1, 0.15) is 0 Å². The minimum atomic E-state index is 0.0142. The van der Waals surface area contributed by atoms with Crippen molar-refractivity contribution in [2.75, 3.05) is 12.8 Å². The smallest absolute Gasteiger partial charge is 0.255 e. The first kappa shape index (κ1) is 14.7. The Bertz CT molecular complexity index is 481. The summed E-state index contributed by atoms with van der Waals surface area (Å²) in [6.07, 6.45) is 3.70. The Kier molecular flexibility index (Phi) is 4.76. The number of thioether (sulfide) groups is 1. The van der Waals surface area contributed by atoms with Crippen molar-refractivity contribution in [3.8, 4) is 0 Å². The molecule has 1 aromatic carbocycles. The summed E-state index contributed by atoms with van der Waals surface area (Å²) in [6, 6.07) is 5.97. The molecule has 2 rings (SSSR count). The summed E-state index contributed by atoms with van der Waals surface area (Å²) in [7, 11) is 0. The monoisotopic (exact) mass is 298 g/mol. The Balaban J connectivity index is 2.24. The van der Waals surface area contributed by atoms with Crippen LogP contribution in [0.2, 0.25) is 5.02 Å². The number of amides is 1. The molecule has 0 saturated carbocycles. The third kappa shape index (κ3) is 3.25. The van der Waals surface area contributed by atoms with Crippen molar-refractivity contribution in [3.63, 3.8) is 0 Å². The molecular formula is C14H19ClN2OS. The molecule has 5 heteroatoms. The molecule has 0 bridgehead atoms. The van der Waals surface area contributed by atoms with E-state index in [0.717, 1.165) is 17.7 Å². The van der Waals surface area contributed by atoms with Gasteiger partial charge in [-0.05, 0) is 44.2 Å². The number of hydrogen-bond acceptors (Lipinski definition) is 3. The molecule has 1 saturated heterocycles. The quantitative estimate of drug-likeness (QED) is 0.854. The highest BCUT2D eigenvalue weighted by molar-refractivity contribution is 7.98. The van der Waals surface area contributed by atoms with Crippen LogP contribution in [0.5, 0.6) is 0 Å². The van der Waals surface area contributed by atoms with E-state index in [4.69, 9.17) is 17.3 Å². The lowest BCUT2D eigenvalue weighted by Gasteiger charge is -2.36. The highest BCUT2D eigenvalue weighted by Crippen LogP contribution is 2.26. The predicted molar refractivity (Wildman–Crippen MR) is 80.9 cm³/mol. The third-order valence-electron chi connectivity index (χ3n) is 3.58. The Morgan fingerprint density at radius 3 is 2.89 bits per heavy atom. The normalized spacial score (nSPS) is 23.5. The molecule has 19 heavy (non-hydrogen) atoms.